The summed E-state index contributed by atoms with van der Waals surface area (Å²) >= 11 is 0. The van der Waals surface area contributed by atoms with Gasteiger partial charge in [0.15, 0.2) is 0 Å². The van der Waals surface area contributed by atoms with E-state index in [0.29, 0.717) is 39.5 Å². The molecule has 0 bridgehead atoms. The summed E-state index contributed by atoms with van der Waals surface area (Å²) in [5.74, 6) is 1.86. The average Bonchev–Trinajstić information content (AvgIpc) is 0.887. The van der Waals surface area contributed by atoms with Crippen molar-refractivity contribution < 1.29 is 27.1 Å². The number of imidazole rings is 1. The number of aromatic nitrogens is 4. The Labute approximate surface area is 557 Å². The molecule has 13 rings (SSSR count). The van der Waals surface area contributed by atoms with Crippen LogP contribution in [-0.4, -0.2) is 14.1 Å². The van der Waals surface area contributed by atoms with Crippen molar-refractivity contribution in [3.05, 3.63) is 271 Å². The van der Waals surface area contributed by atoms with E-state index >= 15 is 0 Å². The molecule has 0 aliphatic heterocycles. The third-order valence-electron chi connectivity index (χ3n) is 17.2. The lowest BCUT2D eigenvalue weighted by molar-refractivity contribution is -0.571. The van der Waals surface area contributed by atoms with Crippen LogP contribution in [0.1, 0.15) is 149 Å². The largest absolute Gasteiger partial charge is 0.458 e. The minimum absolute atomic E-state index is 0.119. The number of para-hydroxylation sites is 1. The van der Waals surface area contributed by atoms with Crippen LogP contribution in [0.3, 0.4) is 0 Å². The van der Waals surface area contributed by atoms with Crippen LogP contribution in [0.25, 0.3) is 106 Å². The van der Waals surface area contributed by atoms with Crippen LogP contribution in [0.2, 0.25) is 0 Å². The zero-order valence-corrected chi connectivity index (χ0v) is 54.7. The Morgan fingerprint density at radius 3 is 1.56 bits per heavy atom. The Morgan fingerprint density at radius 2 is 0.945 bits per heavy atom. The quantitative estimate of drug-likeness (QED) is 0.101. The fraction of sp³-hybridized carbons (Fsp3) is 0.233. The maximum Gasteiger partial charge on any atom is 0.269 e. The monoisotopic (exact) mass is 1200 g/mol. The minimum atomic E-state index is -0.746. The van der Waals surface area contributed by atoms with Gasteiger partial charge in [0.1, 0.15) is 17.3 Å². The molecular weight excluding hydrogens is 1100 g/mol. The predicted molar refractivity (Wildman–Crippen MR) is 383 cm³/mol. The number of hydrogen-bond acceptors (Lipinski definition) is 2. The van der Waals surface area contributed by atoms with Crippen LogP contribution in [0.5, 0.6) is 11.5 Å². The van der Waals surface area contributed by atoms with E-state index in [1.165, 1.54) is 0 Å². The molecular formula is C86H84N4O. The molecule has 0 radical (unpaired) electrons. The van der Waals surface area contributed by atoms with Crippen molar-refractivity contribution >= 4 is 32.8 Å². The van der Waals surface area contributed by atoms with Gasteiger partial charge < -0.3 is 4.74 Å². The van der Waals surface area contributed by atoms with Gasteiger partial charge >= 0.3 is 0 Å². The number of nitrogens with zero attached hydrogens (tertiary/aromatic N) is 4. The van der Waals surface area contributed by atoms with Crippen LogP contribution in [0, 0.1) is 6.33 Å². The lowest BCUT2D eigenvalue weighted by Crippen LogP contribution is -2.32. The molecule has 0 fully saturated rings. The first-order valence-corrected chi connectivity index (χ1v) is 31.2. The summed E-state index contributed by atoms with van der Waals surface area (Å²) in [4.78, 5) is 4.93. The van der Waals surface area contributed by atoms with Crippen LogP contribution in [-0.2, 0) is 27.1 Å². The summed E-state index contributed by atoms with van der Waals surface area (Å²) in [6.07, 6.45) is 5.70. The molecule has 0 spiro atoms. The highest BCUT2D eigenvalue weighted by atomic mass is 16.5. The number of pyridine rings is 1. The molecule has 10 aromatic carbocycles. The van der Waals surface area contributed by atoms with Crippen molar-refractivity contribution in [2.45, 2.75) is 131 Å². The fourth-order valence-corrected chi connectivity index (χ4v) is 11.9. The van der Waals surface area contributed by atoms with Crippen LogP contribution in [0.4, 0.5) is 0 Å². The normalized spacial score (nSPS) is 14.6. The van der Waals surface area contributed by atoms with Gasteiger partial charge in [-0.15, -0.1) is 0 Å². The molecule has 0 amide bonds. The second kappa shape index (κ2) is 22.7. The van der Waals surface area contributed by atoms with E-state index in [4.69, 9.17) is 17.9 Å². The molecule has 91 heavy (non-hydrogen) atoms. The summed E-state index contributed by atoms with van der Waals surface area (Å²) in [7, 11) is 0. The van der Waals surface area contributed by atoms with Crippen LogP contribution < -0.4 is 9.30 Å². The van der Waals surface area contributed by atoms with Crippen molar-refractivity contribution in [3.63, 3.8) is 0 Å². The number of ether oxygens (including phenoxy) is 1. The lowest BCUT2D eigenvalue weighted by atomic mass is 9.77. The predicted octanol–water partition coefficient (Wildman–Crippen LogP) is 22.8. The van der Waals surface area contributed by atoms with E-state index in [1.54, 1.807) is 0 Å². The average molecular weight is 1200 g/mol. The number of fused-ring (bicyclic) bond motifs is 4. The van der Waals surface area contributed by atoms with Gasteiger partial charge in [0.2, 0.25) is 0 Å². The molecule has 0 unspecified atom stereocenters. The Balaban J connectivity index is 1.15. The molecule has 5 heteroatoms. The molecule has 5 nitrogen and oxygen atoms in total. The van der Waals surface area contributed by atoms with E-state index in [1.807, 2.05) is 103 Å². The highest BCUT2D eigenvalue weighted by molar-refractivity contribution is 6.09. The lowest BCUT2D eigenvalue weighted by Gasteiger charge is -2.29. The molecule has 0 saturated heterocycles. The first-order chi connectivity index (χ1) is 48.6. The second-order valence-corrected chi connectivity index (χ2v) is 29.1. The van der Waals surface area contributed by atoms with Crippen molar-refractivity contribution in [1.29, 1.82) is 0 Å². The standard InChI is InChI=1S/C86H84N4O/c1-82(2,3)64-36-33-58(34-37-64)59-35-40-77-79(48-59)88(69-29-24-30-70(53-69)91-71-38-39-73-72-31-22-23-32-76(72)90(78(73)54-71)80-52-65(41-42-87-80)83(4,5)6)55-89(77)81-74(62-44-60(56-25-18-16-19-26-56)43-61(45-62)57-27-20-17-21-28-57)50-68(86(13,14)15)51-75(81)63-46-66(84(7,8)9)49-67(47-63)85(10,11)12/h16-54H,1-15H3/i16D,17D,18D,19D,20D,21D,25D,26D,27D,28D,43D,44D,45D. The Kier molecular flexibility index (Phi) is 11.6. The molecule has 3 aromatic heterocycles. The van der Waals surface area contributed by atoms with Gasteiger partial charge in [-0.25, -0.2) is 4.98 Å². The van der Waals surface area contributed by atoms with E-state index in [0.717, 1.165) is 72.1 Å². The van der Waals surface area contributed by atoms with Gasteiger partial charge in [0, 0.05) is 23.0 Å². The van der Waals surface area contributed by atoms with E-state index < -0.39 is 117 Å². The molecule has 0 atom stereocenters. The minimum Gasteiger partial charge on any atom is -0.458 e. The topological polar surface area (TPSA) is 35.9 Å². The Morgan fingerprint density at radius 1 is 0.396 bits per heavy atom. The first-order valence-electron chi connectivity index (χ1n) is 37.7. The van der Waals surface area contributed by atoms with Gasteiger partial charge in [-0.2, -0.15) is 0 Å². The number of benzene rings is 10. The smallest absolute Gasteiger partial charge is 0.269 e. The first kappa shape index (κ1) is 46.5. The summed E-state index contributed by atoms with van der Waals surface area (Å²) < 4.78 is 136. The van der Waals surface area contributed by atoms with Crippen molar-refractivity contribution in [1.82, 2.24) is 14.1 Å². The van der Waals surface area contributed by atoms with Crippen molar-refractivity contribution in [2.75, 3.05) is 0 Å². The zero-order valence-electron chi connectivity index (χ0n) is 67.7. The number of hydrogen-bond donors (Lipinski definition) is 0. The summed E-state index contributed by atoms with van der Waals surface area (Å²) in [5, 5.41) is 2.10. The fourth-order valence-electron chi connectivity index (χ4n) is 11.9. The highest BCUT2D eigenvalue weighted by Crippen LogP contribution is 2.45. The van der Waals surface area contributed by atoms with Crippen LogP contribution >= 0.6 is 0 Å². The molecule has 0 aliphatic carbocycles. The molecule has 0 aliphatic rings. The maximum absolute atomic E-state index is 10.7. The zero-order chi connectivity index (χ0) is 75.3. The molecule has 0 N–H and O–H groups in total. The van der Waals surface area contributed by atoms with E-state index in [9.17, 15) is 9.60 Å². The Hall–Kier alpha value is -9.58. The summed E-state index contributed by atoms with van der Waals surface area (Å²) in [6.45, 7) is 32.2. The van der Waals surface area contributed by atoms with Gasteiger partial charge in [-0.1, -0.05) is 255 Å². The van der Waals surface area contributed by atoms with E-state index in [2.05, 4.69) is 179 Å². The highest BCUT2D eigenvalue weighted by Gasteiger charge is 2.29. The second-order valence-electron chi connectivity index (χ2n) is 29.1. The molecule has 454 valence electrons. The van der Waals surface area contributed by atoms with Crippen molar-refractivity contribution in [3.8, 4) is 84.3 Å². The maximum atomic E-state index is 10.7. The molecule has 3 heterocycles. The van der Waals surface area contributed by atoms with Gasteiger partial charge in [-0.3, -0.25) is 13.7 Å². The number of rotatable bonds is 10. The van der Waals surface area contributed by atoms with Gasteiger partial charge in [-0.05, 0) is 183 Å². The third kappa shape index (κ3) is 12.0. The van der Waals surface area contributed by atoms with Crippen LogP contribution in [0.15, 0.2) is 236 Å². The van der Waals surface area contributed by atoms with Gasteiger partial charge in [0.05, 0.1) is 51.3 Å². The van der Waals surface area contributed by atoms with Crippen molar-refractivity contribution in [2.24, 2.45) is 0 Å². The molecule has 0 saturated carbocycles. The summed E-state index contributed by atoms with van der Waals surface area (Å²) in [5.41, 5.74) is 8.68. The van der Waals surface area contributed by atoms with E-state index in [-0.39, 0.29) is 22.0 Å². The third-order valence-corrected chi connectivity index (χ3v) is 17.2. The Bertz CT molecular complexity index is 5530. The van der Waals surface area contributed by atoms with Gasteiger partial charge in [0.25, 0.3) is 6.33 Å². The molecule has 13 aromatic rings. The summed E-state index contributed by atoms with van der Waals surface area (Å²) in [6, 6.07) is 42.3. The SMILES string of the molecule is [2H]c1c([2H])c([2H])c(-c2c([2H])c(-c3cc(C(C)(C)C)cc(-c4cc(C(C)(C)C)cc(C(C)(C)C)c4)c3-[n+]3[c-]n(-c4cccc(Oc5ccc6c7ccccc7n(-c7cc(C(C)(C)C)ccn7)c6c5)c4)c4cc(-c5ccc(C(C)(C)C)cc5)ccc43)c([2H])c(-c3c([2H])c([2H])c([2H])c([2H])c3[2H])c2[2H])c([2H])c1[2H].